The van der Waals surface area contributed by atoms with Crippen molar-refractivity contribution in [2.24, 2.45) is 5.92 Å². The molecule has 4 heteroatoms. The topological polar surface area (TPSA) is 58.6 Å². The molecule has 0 aliphatic heterocycles. The van der Waals surface area contributed by atoms with Crippen LogP contribution in [-0.2, 0) is 9.53 Å². The quantitative estimate of drug-likeness (QED) is 0.537. The van der Waals surface area contributed by atoms with Crippen molar-refractivity contribution in [2.75, 3.05) is 19.8 Å². The summed E-state index contributed by atoms with van der Waals surface area (Å²) in [5.74, 6) is -0.0920. The van der Waals surface area contributed by atoms with Crippen molar-refractivity contribution >= 4 is 5.97 Å². The molecule has 19 heavy (non-hydrogen) atoms. The molecule has 0 aliphatic rings. The molecule has 0 aromatic carbocycles. The third-order valence-corrected chi connectivity index (χ3v) is 3.46. The Balaban J connectivity index is 4.02. The Morgan fingerprint density at radius 2 is 2.00 bits per heavy atom. The van der Waals surface area contributed by atoms with Crippen molar-refractivity contribution in [3.8, 4) is 0 Å². The summed E-state index contributed by atoms with van der Waals surface area (Å²) >= 11 is 0. The Labute approximate surface area is 117 Å². The Morgan fingerprint density at radius 3 is 2.47 bits per heavy atom. The van der Waals surface area contributed by atoms with Gasteiger partial charge in [0, 0.05) is 13.2 Å². The Bertz CT molecular complexity index is 244. The van der Waals surface area contributed by atoms with Crippen molar-refractivity contribution in [3.05, 3.63) is 0 Å². The Hall–Kier alpha value is -0.610. The standard InChI is InChI=1S/C15H31NO3/c1-5-10-16-15(6-2,14(17)18)9-7-11-19-12-8-13(3)4/h13,16H,5-12H2,1-4H3,(H,17,18). The van der Waals surface area contributed by atoms with Gasteiger partial charge < -0.3 is 15.2 Å². The van der Waals surface area contributed by atoms with Crippen LogP contribution in [0.2, 0.25) is 0 Å². The van der Waals surface area contributed by atoms with Crippen LogP contribution in [-0.4, -0.2) is 36.4 Å². The van der Waals surface area contributed by atoms with E-state index in [2.05, 4.69) is 19.2 Å². The van der Waals surface area contributed by atoms with Gasteiger partial charge in [-0.1, -0.05) is 27.7 Å². The molecule has 0 saturated heterocycles. The smallest absolute Gasteiger partial charge is 0.323 e. The third-order valence-electron chi connectivity index (χ3n) is 3.46. The first kappa shape index (κ1) is 18.4. The second-order valence-electron chi connectivity index (χ2n) is 5.57. The van der Waals surface area contributed by atoms with Gasteiger partial charge in [0.15, 0.2) is 0 Å². The first-order valence-electron chi connectivity index (χ1n) is 7.54. The molecule has 0 spiro atoms. The van der Waals surface area contributed by atoms with Gasteiger partial charge in [-0.2, -0.15) is 0 Å². The van der Waals surface area contributed by atoms with Gasteiger partial charge in [0.2, 0.25) is 0 Å². The summed E-state index contributed by atoms with van der Waals surface area (Å²) in [5.41, 5.74) is -0.780. The molecule has 0 radical (unpaired) electrons. The Morgan fingerprint density at radius 1 is 1.32 bits per heavy atom. The predicted molar refractivity (Wildman–Crippen MR) is 78.5 cm³/mol. The van der Waals surface area contributed by atoms with Gasteiger partial charge in [-0.3, -0.25) is 4.79 Å². The van der Waals surface area contributed by atoms with E-state index < -0.39 is 11.5 Å². The van der Waals surface area contributed by atoms with Crippen LogP contribution >= 0.6 is 0 Å². The zero-order chi connectivity index (χ0) is 14.7. The van der Waals surface area contributed by atoms with Crippen molar-refractivity contribution in [2.45, 2.75) is 65.3 Å². The predicted octanol–water partition coefficient (Wildman–Crippen LogP) is 3.06. The minimum atomic E-state index is -0.780. The highest BCUT2D eigenvalue weighted by molar-refractivity contribution is 5.78. The first-order chi connectivity index (χ1) is 8.98. The van der Waals surface area contributed by atoms with Crippen LogP contribution in [0, 0.1) is 5.92 Å². The lowest BCUT2D eigenvalue weighted by Gasteiger charge is -2.29. The molecular formula is C15H31NO3. The molecule has 0 fully saturated rings. The largest absolute Gasteiger partial charge is 0.480 e. The molecule has 0 rings (SSSR count). The number of nitrogens with one attached hydrogen (secondary N) is 1. The average molecular weight is 273 g/mol. The molecule has 0 heterocycles. The van der Waals surface area contributed by atoms with Gasteiger partial charge in [-0.15, -0.1) is 0 Å². The summed E-state index contributed by atoms with van der Waals surface area (Å²) in [4.78, 5) is 11.5. The van der Waals surface area contributed by atoms with Gasteiger partial charge in [0.25, 0.3) is 0 Å². The van der Waals surface area contributed by atoms with E-state index >= 15 is 0 Å². The molecule has 2 N–H and O–H groups in total. The summed E-state index contributed by atoms with van der Waals surface area (Å²) < 4.78 is 5.55. The van der Waals surface area contributed by atoms with Crippen LogP contribution in [0.25, 0.3) is 0 Å². The van der Waals surface area contributed by atoms with Gasteiger partial charge in [-0.25, -0.2) is 0 Å². The van der Waals surface area contributed by atoms with Crippen LogP contribution in [0.1, 0.15) is 59.8 Å². The maximum Gasteiger partial charge on any atom is 0.323 e. The summed E-state index contributed by atoms with van der Waals surface area (Å²) in [5, 5.41) is 12.6. The highest BCUT2D eigenvalue weighted by Gasteiger charge is 2.35. The average Bonchev–Trinajstić information content (AvgIpc) is 2.36. The van der Waals surface area contributed by atoms with Crippen molar-refractivity contribution in [1.29, 1.82) is 0 Å². The number of carboxylic acids is 1. The lowest BCUT2D eigenvalue weighted by Crippen LogP contribution is -2.52. The van der Waals surface area contributed by atoms with Crippen molar-refractivity contribution in [3.63, 3.8) is 0 Å². The molecular weight excluding hydrogens is 242 g/mol. The SMILES string of the molecule is CCCNC(CC)(CCCOCCC(C)C)C(=O)O. The second kappa shape index (κ2) is 10.2. The molecule has 4 nitrogen and oxygen atoms in total. The van der Waals surface area contributed by atoms with Crippen LogP contribution < -0.4 is 5.32 Å². The van der Waals surface area contributed by atoms with E-state index in [0.717, 1.165) is 32.4 Å². The second-order valence-corrected chi connectivity index (χ2v) is 5.57. The summed E-state index contributed by atoms with van der Waals surface area (Å²) in [7, 11) is 0. The zero-order valence-electron chi connectivity index (χ0n) is 13.0. The minimum Gasteiger partial charge on any atom is -0.480 e. The highest BCUT2D eigenvalue weighted by Crippen LogP contribution is 2.18. The number of rotatable bonds is 12. The van der Waals surface area contributed by atoms with Crippen LogP contribution in [0.15, 0.2) is 0 Å². The molecule has 0 bridgehead atoms. The van der Waals surface area contributed by atoms with Crippen molar-refractivity contribution < 1.29 is 14.6 Å². The number of carboxylic acid groups (broad SMARTS) is 1. The van der Waals surface area contributed by atoms with E-state index in [9.17, 15) is 9.90 Å². The summed E-state index contributed by atoms with van der Waals surface area (Å²) in [6.07, 6.45) is 4.02. The van der Waals surface area contributed by atoms with Crippen molar-refractivity contribution in [1.82, 2.24) is 5.32 Å². The van der Waals surface area contributed by atoms with Crippen LogP contribution in [0.3, 0.4) is 0 Å². The number of carbonyl (C=O) groups is 1. The third kappa shape index (κ3) is 7.53. The maximum atomic E-state index is 11.5. The molecule has 0 aliphatic carbocycles. The number of ether oxygens (including phenoxy) is 1. The number of hydrogen-bond donors (Lipinski definition) is 2. The van der Waals surface area contributed by atoms with Gasteiger partial charge in [-0.05, 0) is 44.6 Å². The van der Waals surface area contributed by atoms with E-state index in [0.29, 0.717) is 25.4 Å². The van der Waals surface area contributed by atoms with Gasteiger partial charge >= 0.3 is 5.97 Å². The number of aliphatic carboxylic acids is 1. The van der Waals surface area contributed by atoms with E-state index in [1.54, 1.807) is 0 Å². The van der Waals surface area contributed by atoms with E-state index in [1.165, 1.54) is 0 Å². The normalized spacial score (nSPS) is 14.6. The molecule has 114 valence electrons. The van der Waals surface area contributed by atoms with E-state index in [-0.39, 0.29) is 0 Å². The van der Waals surface area contributed by atoms with E-state index in [4.69, 9.17) is 4.74 Å². The van der Waals surface area contributed by atoms with Gasteiger partial charge in [0.1, 0.15) is 5.54 Å². The first-order valence-corrected chi connectivity index (χ1v) is 7.54. The lowest BCUT2D eigenvalue weighted by atomic mass is 9.90. The summed E-state index contributed by atoms with van der Waals surface area (Å²) in [6.45, 7) is 10.5. The maximum absolute atomic E-state index is 11.5. The van der Waals surface area contributed by atoms with Crippen LogP contribution in [0.4, 0.5) is 0 Å². The zero-order valence-corrected chi connectivity index (χ0v) is 13.0. The fourth-order valence-electron chi connectivity index (χ4n) is 1.99. The molecule has 0 aromatic rings. The molecule has 1 unspecified atom stereocenters. The molecule has 0 saturated carbocycles. The lowest BCUT2D eigenvalue weighted by molar-refractivity contribution is -0.145. The Kier molecular flexibility index (Phi) is 9.88. The van der Waals surface area contributed by atoms with Crippen LogP contribution in [0.5, 0.6) is 0 Å². The molecule has 0 amide bonds. The van der Waals surface area contributed by atoms with E-state index in [1.807, 2.05) is 13.8 Å². The fourth-order valence-corrected chi connectivity index (χ4v) is 1.99. The number of hydrogen-bond acceptors (Lipinski definition) is 3. The molecule has 1 atom stereocenters. The van der Waals surface area contributed by atoms with Gasteiger partial charge in [0.05, 0.1) is 0 Å². The minimum absolute atomic E-state index is 0.605. The highest BCUT2D eigenvalue weighted by atomic mass is 16.5. The monoisotopic (exact) mass is 273 g/mol. The molecule has 0 aromatic heterocycles. The summed E-state index contributed by atoms with van der Waals surface area (Å²) in [6, 6.07) is 0. The fraction of sp³-hybridized carbons (Fsp3) is 0.933.